The van der Waals surface area contributed by atoms with E-state index in [0.29, 0.717) is 0 Å². The van der Waals surface area contributed by atoms with Crippen LogP contribution >= 0.6 is 15.9 Å². The number of benzene rings is 2. The van der Waals surface area contributed by atoms with Gasteiger partial charge in [-0.15, -0.1) is 0 Å². The molecule has 0 unspecified atom stereocenters. The van der Waals surface area contributed by atoms with E-state index in [4.69, 9.17) is 4.74 Å². The maximum Gasteiger partial charge on any atom is 0.260 e. The van der Waals surface area contributed by atoms with Gasteiger partial charge >= 0.3 is 0 Å². The molecule has 0 spiro atoms. The minimum absolute atomic E-state index is 0.0458. The molecule has 1 aliphatic heterocycles. The number of rotatable bonds is 4. The Morgan fingerprint density at radius 3 is 2.46 bits per heavy atom. The van der Waals surface area contributed by atoms with Gasteiger partial charge in [0.15, 0.2) is 6.61 Å². The van der Waals surface area contributed by atoms with E-state index >= 15 is 0 Å². The second kappa shape index (κ2) is 7.71. The van der Waals surface area contributed by atoms with Crippen LogP contribution < -0.4 is 9.64 Å². The zero-order valence-electron chi connectivity index (χ0n) is 13.7. The summed E-state index contributed by atoms with van der Waals surface area (Å²) >= 11 is 3.50. The highest BCUT2D eigenvalue weighted by molar-refractivity contribution is 9.10. The molecule has 2 aromatic rings. The normalized spacial score (nSPS) is 14.6. The lowest BCUT2D eigenvalue weighted by Gasteiger charge is -2.36. The van der Waals surface area contributed by atoms with Crippen LogP contribution in [0.5, 0.6) is 5.75 Å². The number of anilines is 1. The minimum Gasteiger partial charge on any atom is -0.484 e. The van der Waals surface area contributed by atoms with Gasteiger partial charge in [0.25, 0.3) is 5.91 Å². The number of carbonyl (C=O) groups excluding carboxylic acids is 1. The molecular weight excluding hydrogens is 368 g/mol. The third-order valence-corrected chi connectivity index (χ3v) is 4.68. The molecule has 0 saturated carbocycles. The smallest absolute Gasteiger partial charge is 0.260 e. The van der Waals surface area contributed by atoms with E-state index in [1.165, 1.54) is 11.3 Å². The van der Waals surface area contributed by atoms with Crippen LogP contribution in [0, 0.1) is 6.92 Å². The van der Waals surface area contributed by atoms with Gasteiger partial charge in [-0.1, -0.05) is 39.7 Å². The lowest BCUT2D eigenvalue weighted by molar-refractivity contribution is -0.133. The summed E-state index contributed by atoms with van der Waals surface area (Å²) in [5, 5.41) is 0. The minimum atomic E-state index is 0.0458. The Morgan fingerprint density at radius 1 is 1.08 bits per heavy atom. The van der Waals surface area contributed by atoms with Gasteiger partial charge in [-0.2, -0.15) is 0 Å². The molecule has 3 rings (SSSR count). The first-order chi connectivity index (χ1) is 11.6. The molecule has 2 aromatic carbocycles. The third kappa shape index (κ3) is 4.29. The molecule has 0 radical (unpaired) electrons. The summed E-state index contributed by atoms with van der Waals surface area (Å²) in [7, 11) is 0. The number of hydrogen-bond donors (Lipinski definition) is 0. The van der Waals surface area contributed by atoms with Crippen LogP contribution in [0.1, 0.15) is 5.56 Å². The molecule has 0 atom stereocenters. The maximum absolute atomic E-state index is 12.3. The standard InChI is InChI=1S/C19H21BrN2O2/c1-15-5-7-18(8-6-15)24-14-19(23)22-11-9-21(10-12-22)17-4-2-3-16(20)13-17/h2-8,13H,9-12,14H2,1H3. The third-order valence-electron chi connectivity index (χ3n) is 4.19. The molecule has 5 heteroatoms. The Labute approximate surface area is 151 Å². The molecule has 4 nitrogen and oxygen atoms in total. The first-order valence-corrected chi connectivity index (χ1v) is 8.89. The highest BCUT2D eigenvalue weighted by Crippen LogP contribution is 2.21. The molecule has 126 valence electrons. The summed E-state index contributed by atoms with van der Waals surface area (Å²) in [6.07, 6.45) is 0. The predicted molar refractivity (Wildman–Crippen MR) is 99.6 cm³/mol. The summed E-state index contributed by atoms with van der Waals surface area (Å²) < 4.78 is 6.67. The number of amides is 1. The van der Waals surface area contributed by atoms with Crippen molar-refractivity contribution in [2.75, 3.05) is 37.7 Å². The van der Waals surface area contributed by atoms with Crippen LogP contribution in [0.25, 0.3) is 0 Å². The van der Waals surface area contributed by atoms with Crippen LogP contribution in [-0.4, -0.2) is 43.6 Å². The Kier molecular flexibility index (Phi) is 5.41. The zero-order chi connectivity index (χ0) is 16.9. The number of piperazine rings is 1. The molecule has 1 saturated heterocycles. The zero-order valence-corrected chi connectivity index (χ0v) is 15.3. The lowest BCUT2D eigenvalue weighted by Crippen LogP contribution is -2.50. The molecule has 1 amide bonds. The number of nitrogens with zero attached hydrogens (tertiary/aromatic N) is 2. The van der Waals surface area contributed by atoms with Gasteiger partial charge in [-0.05, 0) is 37.3 Å². The summed E-state index contributed by atoms with van der Waals surface area (Å²) in [6, 6.07) is 16.0. The average Bonchev–Trinajstić information content (AvgIpc) is 2.61. The summed E-state index contributed by atoms with van der Waals surface area (Å²) in [4.78, 5) is 16.5. The summed E-state index contributed by atoms with van der Waals surface area (Å²) in [5.74, 6) is 0.784. The van der Waals surface area contributed by atoms with E-state index in [2.05, 4.69) is 33.0 Å². The molecule has 0 aliphatic carbocycles. The highest BCUT2D eigenvalue weighted by atomic mass is 79.9. The van der Waals surface area contributed by atoms with Crippen molar-refractivity contribution < 1.29 is 9.53 Å². The number of halogens is 1. The van der Waals surface area contributed by atoms with E-state index in [1.54, 1.807) is 0 Å². The SMILES string of the molecule is Cc1ccc(OCC(=O)N2CCN(c3cccc(Br)c3)CC2)cc1. The van der Waals surface area contributed by atoms with E-state index in [-0.39, 0.29) is 12.5 Å². The first kappa shape index (κ1) is 16.8. The number of ether oxygens (including phenoxy) is 1. The van der Waals surface area contributed by atoms with Gasteiger partial charge in [0, 0.05) is 36.3 Å². The molecule has 0 aromatic heterocycles. The van der Waals surface area contributed by atoms with Crippen molar-refractivity contribution in [3.8, 4) is 5.75 Å². The van der Waals surface area contributed by atoms with Gasteiger partial charge in [-0.25, -0.2) is 0 Å². The predicted octanol–water partition coefficient (Wildman–Crippen LogP) is 3.49. The van der Waals surface area contributed by atoms with Crippen LogP contribution in [0.15, 0.2) is 53.0 Å². The van der Waals surface area contributed by atoms with E-state index in [0.717, 1.165) is 36.4 Å². The van der Waals surface area contributed by atoms with Gasteiger partial charge in [-0.3, -0.25) is 4.79 Å². The van der Waals surface area contributed by atoms with Gasteiger partial charge in [0.2, 0.25) is 0 Å². The van der Waals surface area contributed by atoms with E-state index < -0.39 is 0 Å². The Bertz CT molecular complexity index is 695. The van der Waals surface area contributed by atoms with Crippen molar-refractivity contribution in [2.45, 2.75) is 6.92 Å². The molecule has 1 aliphatic rings. The van der Waals surface area contributed by atoms with E-state index in [9.17, 15) is 4.79 Å². The summed E-state index contributed by atoms with van der Waals surface area (Å²) in [5.41, 5.74) is 2.37. The van der Waals surface area contributed by atoms with Crippen LogP contribution in [0.2, 0.25) is 0 Å². The van der Waals surface area contributed by atoms with Crippen molar-refractivity contribution in [1.82, 2.24) is 4.90 Å². The van der Waals surface area contributed by atoms with Gasteiger partial charge in [0.05, 0.1) is 0 Å². The average molecular weight is 389 g/mol. The van der Waals surface area contributed by atoms with Crippen LogP contribution in [-0.2, 0) is 4.79 Å². The quantitative estimate of drug-likeness (QED) is 0.803. The van der Waals surface area contributed by atoms with Crippen LogP contribution in [0.3, 0.4) is 0 Å². The van der Waals surface area contributed by atoms with Crippen molar-refractivity contribution in [3.05, 3.63) is 58.6 Å². The summed E-state index contributed by atoms with van der Waals surface area (Å²) in [6.45, 7) is 5.25. The van der Waals surface area contributed by atoms with Crippen molar-refractivity contribution >= 4 is 27.5 Å². The lowest BCUT2D eigenvalue weighted by atomic mass is 10.2. The topological polar surface area (TPSA) is 32.8 Å². The molecule has 24 heavy (non-hydrogen) atoms. The fourth-order valence-corrected chi connectivity index (χ4v) is 3.14. The second-order valence-corrected chi connectivity index (χ2v) is 6.87. The Hall–Kier alpha value is -2.01. The Morgan fingerprint density at radius 2 is 1.79 bits per heavy atom. The molecule has 0 bridgehead atoms. The molecule has 0 N–H and O–H groups in total. The largest absolute Gasteiger partial charge is 0.484 e. The van der Waals surface area contributed by atoms with Crippen molar-refractivity contribution in [2.24, 2.45) is 0 Å². The molecule has 1 heterocycles. The van der Waals surface area contributed by atoms with Gasteiger partial charge in [0.1, 0.15) is 5.75 Å². The molecule has 1 fully saturated rings. The monoisotopic (exact) mass is 388 g/mol. The number of carbonyl (C=O) groups is 1. The molecular formula is C19H21BrN2O2. The van der Waals surface area contributed by atoms with Crippen molar-refractivity contribution in [3.63, 3.8) is 0 Å². The van der Waals surface area contributed by atoms with Gasteiger partial charge < -0.3 is 14.5 Å². The van der Waals surface area contributed by atoms with E-state index in [1.807, 2.05) is 48.2 Å². The van der Waals surface area contributed by atoms with Crippen molar-refractivity contribution in [1.29, 1.82) is 0 Å². The maximum atomic E-state index is 12.3. The second-order valence-electron chi connectivity index (χ2n) is 5.95. The Balaban J connectivity index is 1.49. The fraction of sp³-hybridized carbons (Fsp3) is 0.316. The highest BCUT2D eigenvalue weighted by Gasteiger charge is 2.21. The first-order valence-electron chi connectivity index (χ1n) is 8.09. The number of hydrogen-bond acceptors (Lipinski definition) is 3. The fourth-order valence-electron chi connectivity index (χ4n) is 2.76. The van der Waals surface area contributed by atoms with Crippen LogP contribution in [0.4, 0.5) is 5.69 Å². The number of aryl methyl sites for hydroxylation is 1.